The summed E-state index contributed by atoms with van der Waals surface area (Å²) in [5, 5.41) is 4.26. The van der Waals surface area contributed by atoms with E-state index in [0.717, 1.165) is 42.8 Å². The number of hydrogen-bond acceptors (Lipinski definition) is 6. The Bertz CT molecular complexity index is 836. The second kappa shape index (κ2) is 7.04. The molecule has 144 valence electrons. The standard InChI is InChI=1S/C20H27N5OS/c1-23-8-10-25(11-9-23)15-2-3-16-18(12-15)27-22-19(16)20(26)21-17-13-24-6-4-14(17)5-7-24/h2-3,12,14,17H,4-11,13H2,1H3,(H,21,26)/t17-/m1/s1. The van der Waals surface area contributed by atoms with Crippen LogP contribution in [-0.2, 0) is 0 Å². The average Bonchev–Trinajstić information content (AvgIpc) is 3.13. The zero-order chi connectivity index (χ0) is 18.4. The van der Waals surface area contributed by atoms with Crippen LogP contribution in [-0.4, -0.2) is 79.0 Å². The summed E-state index contributed by atoms with van der Waals surface area (Å²) in [5.41, 5.74) is 1.83. The topological polar surface area (TPSA) is 51.7 Å². The number of anilines is 1. The first kappa shape index (κ1) is 17.4. The zero-order valence-corrected chi connectivity index (χ0v) is 16.7. The zero-order valence-electron chi connectivity index (χ0n) is 15.9. The number of hydrogen-bond donors (Lipinski definition) is 1. The van der Waals surface area contributed by atoms with Gasteiger partial charge >= 0.3 is 0 Å². The summed E-state index contributed by atoms with van der Waals surface area (Å²) < 4.78 is 5.61. The molecule has 0 saturated carbocycles. The Morgan fingerprint density at radius 2 is 1.93 bits per heavy atom. The molecule has 1 atom stereocenters. The Kier molecular flexibility index (Phi) is 4.53. The van der Waals surface area contributed by atoms with Gasteiger partial charge in [-0.1, -0.05) is 0 Å². The van der Waals surface area contributed by atoms with E-state index < -0.39 is 0 Å². The maximum Gasteiger partial charge on any atom is 0.271 e. The molecule has 0 aliphatic carbocycles. The van der Waals surface area contributed by atoms with Gasteiger partial charge in [-0.15, -0.1) is 0 Å². The Labute approximate surface area is 164 Å². The summed E-state index contributed by atoms with van der Waals surface area (Å²) in [7, 11) is 2.17. The number of likely N-dealkylation sites (N-methyl/N-ethyl adjacent to an activating group) is 1. The highest BCUT2D eigenvalue weighted by molar-refractivity contribution is 7.13. The number of aromatic nitrogens is 1. The summed E-state index contributed by atoms with van der Waals surface area (Å²) >= 11 is 1.44. The Balaban J connectivity index is 1.33. The van der Waals surface area contributed by atoms with Gasteiger partial charge in [0.15, 0.2) is 0 Å². The summed E-state index contributed by atoms with van der Waals surface area (Å²) in [5.74, 6) is 0.625. The molecule has 0 radical (unpaired) electrons. The average molecular weight is 386 g/mol. The van der Waals surface area contributed by atoms with Crippen LogP contribution in [0.25, 0.3) is 10.1 Å². The van der Waals surface area contributed by atoms with E-state index >= 15 is 0 Å². The van der Waals surface area contributed by atoms with Gasteiger partial charge in [0, 0.05) is 49.8 Å². The molecule has 5 heterocycles. The molecule has 1 aromatic carbocycles. The minimum absolute atomic E-state index is 0.00709. The van der Waals surface area contributed by atoms with Gasteiger partial charge < -0.3 is 20.0 Å². The third-order valence-electron chi connectivity index (χ3n) is 6.51. The quantitative estimate of drug-likeness (QED) is 0.874. The van der Waals surface area contributed by atoms with Crippen LogP contribution in [0, 0.1) is 5.92 Å². The monoisotopic (exact) mass is 385 g/mol. The van der Waals surface area contributed by atoms with E-state index in [1.807, 2.05) is 0 Å². The molecule has 6 nitrogen and oxygen atoms in total. The summed E-state index contributed by atoms with van der Waals surface area (Å²) in [4.78, 5) is 20.1. The van der Waals surface area contributed by atoms with Crippen LogP contribution in [0.4, 0.5) is 5.69 Å². The van der Waals surface area contributed by atoms with Gasteiger partial charge in [0.2, 0.25) is 0 Å². The lowest BCUT2D eigenvalue weighted by atomic mass is 9.84. The first-order chi connectivity index (χ1) is 13.2. The molecule has 4 fully saturated rings. The molecular formula is C20H27N5OS. The molecule has 4 saturated heterocycles. The summed E-state index contributed by atoms with van der Waals surface area (Å²) in [6.45, 7) is 7.65. The number of nitrogens with zero attached hydrogens (tertiary/aromatic N) is 4. The van der Waals surface area contributed by atoms with Gasteiger partial charge in [-0.2, -0.15) is 4.37 Å². The predicted molar refractivity (Wildman–Crippen MR) is 110 cm³/mol. The fourth-order valence-electron chi connectivity index (χ4n) is 4.72. The molecule has 4 aliphatic rings. The van der Waals surface area contributed by atoms with E-state index in [1.165, 1.54) is 43.2 Å². The van der Waals surface area contributed by atoms with Crippen LogP contribution in [0.1, 0.15) is 23.3 Å². The normalized spacial score (nSPS) is 28.6. The highest BCUT2D eigenvalue weighted by Crippen LogP contribution is 2.30. The lowest BCUT2D eigenvalue weighted by molar-refractivity contribution is 0.0619. The summed E-state index contributed by atoms with van der Waals surface area (Å²) in [6, 6.07) is 6.70. The van der Waals surface area contributed by atoms with Crippen molar-refractivity contribution >= 4 is 33.2 Å². The molecule has 1 amide bonds. The predicted octanol–water partition coefficient (Wildman–Crippen LogP) is 1.87. The van der Waals surface area contributed by atoms with E-state index in [9.17, 15) is 4.79 Å². The van der Waals surface area contributed by atoms with Crippen molar-refractivity contribution in [3.8, 4) is 0 Å². The number of piperidine rings is 3. The van der Waals surface area contributed by atoms with Crippen molar-refractivity contribution in [3.63, 3.8) is 0 Å². The molecule has 2 bridgehead atoms. The molecule has 4 aliphatic heterocycles. The Hall–Kier alpha value is -1.70. The number of carbonyl (C=O) groups excluding carboxylic acids is 1. The number of rotatable bonds is 3. The maximum absolute atomic E-state index is 12.9. The van der Waals surface area contributed by atoms with Gasteiger partial charge in [0.1, 0.15) is 5.69 Å². The van der Waals surface area contributed by atoms with E-state index in [1.54, 1.807) is 0 Å². The highest BCUT2D eigenvalue weighted by Gasteiger charge is 2.35. The van der Waals surface area contributed by atoms with Gasteiger partial charge in [-0.05, 0) is 68.6 Å². The van der Waals surface area contributed by atoms with Crippen LogP contribution in [0.15, 0.2) is 18.2 Å². The third-order valence-corrected chi connectivity index (χ3v) is 7.32. The number of nitrogens with one attached hydrogen (secondary N) is 1. The number of piperazine rings is 1. The minimum atomic E-state index is -0.00709. The lowest BCUT2D eigenvalue weighted by Crippen LogP contribution is -2.57. The van der Waals surface area contributed by atoms with Crippen molar-refractivity contribution < 1.29 is 4.79 Å². The second-order valence-electron chi connectivity index (χ2n) is 8.22. The molecule has 0 spiro atoms. The third kappa shape index (κ3) is 3.32. The molecule has 6 rings (SSSR count). The van der Waals surface area contributed by atoms with E-state index in [2.05, 4.69) is 49.6 Å². The number of amides is 1. The van der Waals surface area contributed by atoms with Crippen molar-refractivity contribution in [1.29, 1.82) is 0 Å². The van der Waals surface area contributed by atoms with Gasteiger partial charge in [-0.3, -0.25) is 4.79 Å². The fraction of sp³-hybridized carbons (Fsp3) is 0.600. The SMILES string of the molecule is CN1CCN(c2ccc3c(C(=O)N[C@@H]4CN5CCC4CC5)nsc3c2)CC1. The van der Waals surface area contributed by atoms with Crippen LogP contribution in [0.2, 0.25) is 0 Å². The largest absolute Gasteiger partial charge is 0.369 e. The number of carbonyl (C=O) groups is 1. The smallest absolute Gasteiger partial charge is 0.271 e. The van der Waals surface area contributed by atoms with Gasteiger partial charge in [0.05, 0.1) is 4.70 Å². The summed E-state index contributed by atoms with van der Waals surface area (Å²) in [6.07, 6.45) is 2.41. The Morgan fingerprint density at radius 3 is 2.63 bits per heavy atom. The molecule has 7 heteroatoms. The maximum atomic E-state index is 12.9. The molecular weight excluding hydrogens is 358 g/mol. The van der Waals surface area contributed by atoms with Gasteiger partial charge in [0.25, 0.3) is 5.91 Å². The van der Waals surface area contributed by atoms with Crippen LogP contribution in [0.5, 0.6) is 0 Å². The number of benzene rings is 1. The first-order valence-electron chi connectivity index (χ1n) is 10.0. The highest BCUT2D eigenvalue weighted by atomic mass is 32.1. The molecule has 2 aromatic rings. The van der Waals surface area contributed by atoms with Crippen molar-refractivity contribution in [1.82, 2.24) is 19.5 Å². The molecule has 1 aromatic heterocycles. The van der Waals surface area contributed by atoms with Crippen LogP contribution >= 0.6 is 11.5 Å². The molecule has 27 heavy (non-hydrogen) atoms. The van der Waals surface area contributed by atoms with Crippen molar-refractivity contribution in [2.24, 2.45) is 5.92 Å². The van der Waals surface area contributed by atoms with Crippen molar-refractivity contribution in [2.45, 2.75) is 18.9 Å². The molecule has 0 unspecified atom stereocenters. The fourth-order valence-corrected chi connectivity index (χ4v) is 5.52. The lowest BCUT2D eigenvalue weighted by Gasteiger charge is -2.44. The van der Waals surface area contributed by atoms with E-state index in [-0.39, 0.29) is 11.9 Å². The van der Waals surface area contributed by atoms with E-state index in [0.29, 0.717) is 11.6 Å². The molecule has 1 N–H and O–H groups in total. The van der Waals surface area contributed by atoms with Crippen LogP contribution in [0.3, 0.4) is 0 Å². The van der Waals surface area contributed by atoms with Crippen molar-refractivity contribution in [3.05, 3.63) is 23.9 Å². The first-order valence-corrected chi connectivity index (χ1v) is 10.8. The van der Waals surface area contributed by atoms with Crippen molar-refractivity contribution in [2.75, 3.05) is 57.8 Å². The number of fused-ring (bicyclic) bond motifs is 4. The van der Waals surface area contributed by atoms with E-state index in [4.69, 9.17) is 0 Å². The second-order valence-corrected chi connectivity index (χ2v) is 9.02. The van der Waals surface area contributed by atoms with Gasteiger partial charge in [-0.25, -0.2) is 0 Å². The van der Waals surface area contributed by atoms with Crippen LogP contribution < -0.4 is 10.2 Å². The Morgan fingerprint density at radius 1 is 1.15 bits per heavy atom. The minimum Gasteiger partial charge on any atom is -0.369 e.